The van der Waals surface area contributed by atoms with E-state index in [1.807, 2.05) is 13.0 Å². The summed E-state index contributed by atoms with van der Waals surface area (Å²) < 4.78 is 6.33. The Labute approximate surface area is 108 Å². The summed E-state index contributed by atoms with van der Waals surface area (Å²) in [6, 6.07) is 0. The van der Waals surface area contributed by atoms with Gasteiger partial charge in [-0.15, -0.1) is 18.5 Å². The minimum atomic E-state index is -2.17. The molecule has 0 aliphatic carbocycles. The average Bonchev–Trinajstić information content (AvgIpc) is 2.29. The van der Waals surface area contributed by atoms with Crippen molar-refractivity contribution in [1.82, 2.24) is 0 Å². The highest BCUT2D eigenvalue weighted by molar-refractivity contribution is 6.84. The zero-order valence-electron chi connectivity index (χ0n) is 12.1. The molecule has 0 saturated carbocycles. The van der Waals surface area contributed by atoms with Crippen molar-refractivity contribution >= 4 is 8.32 Å². The molecule has 0 aliphatic heterocycles. The Hall–Kier alpha value is -0.783. The first-order valence-corrected chi connectivity index (χ1v) is 8.32. The van der Waals surface area contributed by atoms with E-state index in [4.69, 9.17) is 10.8 Å². The highest BCUT2D eigenvalue weighted by Crippen LogP contribution is 2.34. The van der Waals surface area contributed by atoms with Crippen LogP contribution >= 0.6 is 0 Å². The first-order chi connectivity index (χ1) is 7.85. The minimum Gasteiger partial charge on any atom is -0.395 e. The molecule has 0 aliphatic rings. The van der Waals surface area contributed by atoms with E-state index < -0.39 is 8.32 Å². The van der Waals surface area contributed by atoms with Crippen molar-refractivity contribution in [2.75, 3.05) is 0 Å². The van der Waals surface area contributed by atoms with Crippen molar-refractivity contribution < 1.29 is 4.43 Å². The molecule has 0 spiro atoms. The molecule has 0 fully saturated rings. The SMILES string of the molecule is C#C[Si](O[C@H](C=C)/C(C)=C/C)(C(C)C)C(C)C. The molecule has 0 aromatic rings. The van der Waals surface area contributed by atoms with Gasteiger partial charge < -0.3 is 4.43 Å². The minimum absolute atomic E-state index is 0.0486. The molecular weight excluding hydrogens is 224 g/mol. The summed E-state index contributed by atoms with van der Waals surface area (Å²) in [6.07, 6.45) is 9.64. The van der Waals surface area contributed by atoms with Gasteiger partial charge in [-0.3, -0.25) is 0 Å². The van der Waals surface area contributed by atoms with Crippen molar-refractivity contribution in [3.63, 3.8) is 0 Å². The maximum absolute atomic E-state index is 6.33. The molecule has 0 saturated heterocycles. The third-order valence-electron chi connectivity index (χ3n) is 3.38. The van der Waals surface area contributed by atoms with E-state index in [9.17, 15) is 0 Å². The van der Waals surface area contributed by atoms with Gasteiger partial charge in [0, 0.05) is 0 Å². The monoisotopic (exact) mass is 250 g/mol. The predicted octanol–water partition coefficient (Wildman–Crippen LogP) is 4.46. The lowest BCUT2D eigenvalue weighted by Gasteiger charge is -2.36. The van der Waals surface area contributed by atoms with Crippen LogP contribution in [-0.4, -0.2) is 14.4 Å². The van der Waals surface area contributed by atoms with Crippen LogP contribution in [0.2, 0.25) is 11.1 Å². The zero-order valence-corrected chi connectivity index (χ0v) is 13.1. The van der Waals surface area contributed by atoms with Crippen molar-refractivity contribution in [1.29, 1.82) is 0 Å². The molecule has 0 bridgehead atoms. The van der Waals surface area contributed by atoms with E-state index >= 15 is 0 Å². The fourth-order valence-electron chi connectivity index (χ4n) is 2.01. The van der Waals surface area contributed by atoms with Gasteiger partial charge in [-0.1, -0.05) is 39.8 Å². The van der Waals surface area contributed by atoms with E-state index in [2.05, 4.69) is 52.8 Å². The molecule has 0 amide bonds. The number of rotatable bonds is 6. The van der Waals surface area contributed by atoms with Crippen molar-refractivity contribution in [2.45, 2.75) is 58.7 Å². The molecule has 1 atom stereocenters. The van der Waals surface area contributed by atoms with Gasteiger partial charge in [0.2, 0.25) is 0 Å². The topological polar surface area (TPSA) is 9.23 Å². The number of hydrogen-bond acceptors (Lipinski definition) is 1. The highest BCUT2D eigenvalue weighted by atomic mass is 28.4. The summed E-state index contributed by atoms with van der Waals surface area (Å²) in [6.45, 7) is 16.6. The number of allylic oxidation sites excluding steroid dienone is 1. The van der Waals surface area contributed by atoms with E-state index in [0.29, 0.717) is 11.1 Å². The lowest BCUT2D eigenvalue weighted by Crippen LogP contribution is -2.46. The molecule has 0 aromatic carbocycles. The molecular formula is C15H26OSi. The van der Waals surface area contributed by atoms with E-state index in [0.717, 1.165) is 0 Å². The Morgan fingerprint density at radius 1 is 1.29 bits per heavy atom. The first kappa shape index (κ1) is 16.2. The molecule has 1 nitrogen and oxygen atoms in total. The molecule has 0 radical (unpaired) electrons. The maximum atomic E-state index is 6.33. The summed E-state index contributed by atoms with van der Waals surface area (Å²) >= 11 is 0. The summed E-state index contributed by atoms with van der Waals surface area (Å²) in [5, 5.41) is 0. The Morgan fingerprint density at radius 2 is 1.76 bits per heavy atom. The smallest absolute Gasteiger partial charge is 0.277 e. The molecule has 17 heavy (non-hydrogen) atoms. The fraction of sp³-hybridized carbons (Fsp3) is 0.600. The van der Waals surface area contributed by atoms with E-state index in [1.54, 1.807) is 0 Å². The van der Waals surface area contributed by atoms with Gasteiger partial charge >= 0.3 is 0 Å². The molecule has 2 heteroatoms. The van der Waals surface area contributed by atoms with Crippen LogP contribution in [0, 0.1) is 12.0 Å². The van der Waals surface area contributed by atoms with Gasteiger partial charge in [0.05, 0.1) is 6.10 Å². The molecule has 0 aromatic heterocycles. The molecule has 0 heterocycles. The van der Waals surface area contributed by atoms with Crippen molar-refractivity contribution in [3.05, 3.63) is 24.3 Å². The molecule has 0 rings (SSSR count). The van der Waals surface area contributed by atoms with Crippen LogP contribution < -0.4 is 0 Å². The second kappa shape index (κ2) is 6.83. The van der Waals surface area contributed by atoms with Crippen LogP contribution in [0.25, 0.3) is 0 Å². The van der Waals surface area contributed by atoms with E-state index in [1.165, 1.54) is 5.57 Å². The van der Waals surface area contributed by atoms with Crippen LogP contribution in [0.5, 0.6) is 0 Å². The largest absolute Gasteiger partial charge is 0.395 e. The van der Waals surface area contributed by atoms with Gasteiger partial charge in [-0.05, 0) is 30.5 Å². The Kier molecular flexibility index (Phi) is 6.52. The van der Waals surface area contributed by atoms with Crippen molar-refractivity contribution in [2.24, 2.45) is 0 Å². The molecule has 96 valence electrons. The van der Waals surface area contributed by atoms with Crippen LogP contribution in [0.15, 0.2) is 24.3 Å². The van der Waals surface area contributed by atoms with Crippen LogP contribution in [0.3, 0.4) is 0 Å². The Bertz CT molecular complexity index is 312. The summed E-state index contributed by atoms with van der Waals surface area (Å²) in [4.78, 5) is 0. The quantitative estimate of drug-likeness (QED) is 0.384. The summed E-state index contributed by atoms with van der Waals surface area (Å²) in [7, 11) is -2.17. The summed E-state index contributed by atoms with van der Waals surface area (Å²) in [5.41, 5.74) is 4.98. The number of hydrogen-bond donors (Lipinski definition) is 0. The Balaban J connectivity index is 5.26. The number of terminal acetylenes is 1. The second-order valence-corrected chi connectivity index (χ2v) is 9.47. The van der Waals surface area contributed by atoms with Gasteiger partial charge in [-0.25, -0.2) is 0 Å². The normalized spacial score (nSPS) is 14.9. The molecule has 0 N–H and O–H groups in total. The highest BCUT2D eigenvalue weighted by Gasteiger charge is 2.42. The van der Waals surface area contributed by atoms with Crippen LogP contribution in [0.4, 0.5) is 0 Å². The fourth-order valence-corrected chi connectivity index (χ4v) is 5.32. The van der Waals surface area contributed by atoms with Gasteiger partial charge in [0.15, 0.2) is 0 Å². The van der Waals surface area contributed by atoms with Gasteiger partial charge in [0.25, 0.3) is 8.32 Å². The van der Waals surface area contributed by atoms with Crippen LogP contribution in [-0.2, 0) is 4.43 Å². The van der Waals surface area contributed by atoms with Crippen molar-refractivity contribution in [3.8, 4) is 12.0 Å². The predicted molar refractivity (Wildman–Crippen MR) is 79.3 cm³/mol. The third-order valence-corrected chi connectivity index (χ3v) is 7.91. The maximum Gasteiger partial charge on any atom is 0.277 e. The molecule has 0 unspecified atom stereocenters. The first-order valence-electron chi connectivity index (χ1n) is 6.26. The summed E-state index contributed by atoms with van der Waals surface area (Å²) in [5.74, 6) is 0. The van der Waals surface area contributed by atoms with Crippen LogP contribution in [0.1, 0.15) is 41.5 Å². The van der Waals surface area contributed by atoms with Gasteiger partial charge in [-0.2, -0.15) is 0 Å². The standard InChI is InChI=1S/C15H26OSi/c1-9-14(8)15(10-2)16-17(11-3,12(4)5)13(6)7/h3,9-10,12-13,15H,2H2,1,4-8H3/b14-9+/t15-/m1/s1. The van der Waals surface area contributed by atoms with E-state index in [-0.39, 0.29) is 6.10 Å². The second-order valence-electron chi connectivity index (χ2n) is 5.05. The Morgan fingerprint density at radius 3 is 2.00 bits per heavy atom. The third kappa shape index (κ3) is 3.59. The lowest BCUT2D eigenvalue weighted by atomic mass is 10.2. The lowest BCUT2D eigenvalue weighted by molar-refractivity contribution is 0.263. The average molecular weight is 250 g/mol. The van der Waals surface area contributed by atoms with Gasteiger partial charge in [0.1, 0.15) is 0 Å². The zero-order chi connectivity index (χ0) is 13.6.